The largest absolute Gasteiger partial charge is 0.372 e. The topological polar surface area (TPSA) is 52.7 Å². The Morgan fingerprint density at radius 2 is 1.73 bits per heavy atom. The van der Waals surface area contributed by atoms with E-state index in [0.29, 0.717) is 12.2 Å². The minimum absolute atomic E-state index is 0.147. The zero-order valence-electron chi connectivity index (χ0n) is 15.4. The Balaban J connectivity index is 1.58. The van der Waals surface area contributed by atoms with Crippen molar-refractivity contribution in [3.63, 3.8) is 0 Å². The number of hydrogen-bond acceptors (Lipinski definition) is 3. The molecule has 2 amide bonds. The molecule has 1 N–H and O–H groups in total. The van der Waals surface area contributed by atoms with Gasteiger partial charge in [0.15, 0.2) is 0 Å². The monoisotopic (exact) mass is 351 g/mol. The number of fused-ring (bicyclic) bond motifs is 1. The van der Waals surface area contributed by atoms with Gasteiger partial charge in [-0.2, -0.15) is 0 Å². The first kappa shape index (κ1) is 18.0. The van der Waals surface area contributed by atoms with E-state index >= 15 is 0 Å². The lowest BCUT2D eigenvalue weighted by Crippen LogP contribution is -2.32. The smallest absolute Gasteiger partial charge is 0.236 e. The second-order valence-electron chi connectivity index (χ2n) is 6.37. The molecule has 0 spiro atoms. The van der Waals surface area contributed by atoms with Crippen LogP contribution in [0.3, 0.4) is 0 Å². The number of nitrogens with zero attached hydrogens (tertiary/aromatic N) is 2. The summed E-state index contributed by atoms with van der Waals surface area (Å²) in [6, 6.07) is 15.6. The van der Waals surface area contributed by atoms with Crippen molar-refractivity contribution in [1.29, 1.82) is 0 Å². The van der Waals surface area contributed by atoms with Crippen molar-refractivity contribution in [3.8, 4) is 0 Å². The Morgan fingerprint density at radius 3 is 2.42 bits per heavy atom. The predicted molar refractivity (Wildman–Crippen MR) is 106 cm³/mol. The van der Waals surface area contributed by atoms with Gasteiger partial charge >= 0.3 is 0 Å². The number of para-hydroxylation sites is 1. The molecule has 26 heavy (non-hydrogen) atoms. The molecule has 5 heteroatoms. The first-order valence-electron chi connectivity index (χ1n) is 9.15. The van der Waals surface area contributed by atoms with Crippen molar-refractivity contribution in [1.82, 2.24) is 0 Å². The van der Waals surface area contributed by atoms with E-state index in [1.165, 1.54) is 0 Å². The van der Waals surface area contributed by atoms with Crippen LogP contribution in [0.4, 0.5) is 17.1 Å². The SMILES string of the molecule is CCN(CC)c1ccc(NC(=O)CC(=O)N2CCc3ccccc32)cc1. The summed E-state index contributed by atoms with van der Waals surface area (Å²) in [5, 5.41) is 2.82. The first-order valence-corrected chi connectivity index (χ1v) is 9.15. The molecule has 2 aromatic carbocycles. The van der Waals surface area contributed by atoms with Crippen molar-refractivity contribution in [3.05, 3.63) is 54.1 Å². The third-order valence-electron chi connectivity index (χ3n) is 4.78. The Kier molecular flexibility index (Phi) is 5.56. The van der Waals surface area contributed by atoms with E-state index in [1.54, 1.807) is 4.90 Å². The lowest BCUT2D eigenvalue weighted by molar-refractivity contribution is -0.125. The molecule has 0 radical (unpaired) electrons. The second kappa shape index (κ2) is 8.04. The van der Waals surface area contributed by atoms with E-state index in [0.717, 1.165) is 36.4 Å². The van der Waals surface area contributed by atoms with Gasteiger partial charge in [0.2, 0.25) is 11.8 Å². The molecule has 0 aliphatic carbocycles. The molecule has 2 aromatic rings. The summed E-state index contributed by atoms with van der Waals surface area (Å²) in [5.41, 5.74) is 3.92. The molecule has 0 fully saturated rings. The van der Waals surface area contributed by atoms with E-state index in [1.807, 2.05) is 48.5 Å². The van der Waals surface area contributed by atoms with Crippen LogP contribution in [0.5, 0.6) is 0 Å². The lowest BCUT2D eigenvalue weighted by Gasteiger charge is -2.21. The van der Waals surface area contributed by atoms with E-state index < -0.39 is 0 Å². The van der Waals surface area contributed by atoms with Crippen molar-refractivity contribution < 1.29 is 9.59 Å². The maximum Gasteiger partial charge on any atom is 0.236 e. The van der Waals surface area contributed by atoms with Crippen LogP contribution < -0.4 is 15.1 Å². The van der Waals surface area contributed by atoms with Gasteiger partial charge in [-0.15, -0.1) is 0 Å². The van der Waals surface area contributed by atoms with Gasteiger partial charge in [0.25, 0.3) is 0 Å². The Hall–Kier alpha value is -2.82. The molecular weight excluding hydrogens is 326 g/mol. The highest BCUT2D eigenvalue weighted by molar-refractivity contribution is 6.09. The third-order valence-corrected chi connectivity index (χ3v) is 4.78. The number of rotatable bonds is 6. The van der Waals surface area contributed by atoms with Crippen LogP contribution in [0.15, 0.2) is 48.5 Å². The highest BCUT2D eigenvalue weighted by atomic mass is 16.2. The number of anilines is 3. The van der Waals surface area contributed by atoms with Crippen LogP contribution in [-0.4, -0.2) is 31.4 Å². The summed E-state index contributed by atoms with van der Waals surface area (Å²) in [6.45, 7) is 6.74. The highest BCUT2D eigenvalue weighted by Crippen LogP contribution is 2.28. The molecule has 5 nitrogen and oxygen atoms in total. The fourth-order valence-corrected chi connectivity index (χ4v) is 3.38. The fourth-order valence-electron chi connectivity index (χ4n) is 3.38. The average Bonchev–Trinajstić information content (AvgIpc) is 3.08. The van der Waals surface area contributed by atoms with Crippen LogP contribution >= 0.6 is 0 Å². The average molecular weight is 351 g/mol. The summed E-state index contributed by atoms with van der Waals surface area (Å²) >= 11 is 0. The molecule has 0 bridgehead atoms. The molecular formula is C21H25N3O2. The number of nitrogens with one attached hydrogen (secondary N) is 1. The van der Waals surface area contributed by atoms with Gasteiger partial charge in [0.05, 0.1) is 0 Å². The number of carbonyl (C=O) groups excluding carboxylic acids is 2. The van der Waals surface area contributed by atoms with Gasteiger partial charge in [-0.1, -0.05) is 18.2 Å². The Morgan fingerprint density at radius 1 is 1.04 bits per heavy atom. The fraction of sp³-hybridized carbons (Fsp3) is 0.333. The predicted octanol–water partition coefficient (Wildman–Crippen LogP) is 3.45. The Labute approximate surface area is 154 Å². The first-order chi connectivity index (χ1) is 12.6. The molecule has 3 rings (SSSR count). The van der Waals surface area contributed by atoms with Crippen molar-refractivity contribution in [2.24, 2.45) is 0 Å². The molecule has 0 saturated heterocycles. The van der Waals surface area contributed by atoms with Crippen LogP contribution in [0, 0.1) is 0 Å². The summed E-state index contributed by atoms with van der Waals surface area (Å²) < 4.78 is 0. The molecule has 1 heterocycles. The highest BCUT2D eigenvalue weighted by Gasteiger charge is 2.25. The molecule has 0 saturated carbocycles. The van der Waals surface area contributed by atoms with E-state index in [9.17, 15) is 9.59 Å². The summed E-state index contributed by atoms with van der Waals surface area (Å²) in [5.74, 6) is -0.442. The van der Waals surface area contributed by atoms with Gasteiger partial charge in [0, 0.05) is 36.7 Å². The summed E-state index contributed by atoms with van der Waals surface area (Å²) in [6.07, 6.45) is 0.697. The normalized spacial score (nSPS) is 12.6. The minimum Gasteiger partial charge on any atom is -0.372 e. The van der Waals surface area contributed by atoms with E-state index in [2.05, 4.69) is 24.1 Å². The number of amides is 2. The summed E-state index contributed by atoms with van der Waals surface area (Å²) in [4.78, 5) is 28.7. The quantitative estimate of drug-likeness (QED) is 0.811. The minimum atomic E-state index is -0.282. The van der Waals surface area contributed by atoms with Crippen molar-refractivity contribution in [2.75, 3.05) is 34.8 Å². The molecule has 136 valence electrons. The Bertz CT molecular complexity index is 782. The molecule has 0 atom stereocenters. The standard InChI is InChI=1S/C21H25N3O2/c1-3-23(4-2)18-11-9-17(10-12-18)22-20(25)15-21(26)24-14-13-16-7-5-6-8-19(16)24/h5-12H,3-4,13-15H2,1-2H3,(H,22,25). The zero-order valence-corrected chi connectivity index (χ0v) is 15.4. The third kappa shape index (κ3) is 3.87. The molecule has 1 aliphatic rings. The molecule has 1 aliphatic heterocycles. The van der Waals surface area contributed by atoms with Crippen molar-refractivity contribution in [2.45, 2.75) is 26.7 Å². The zero-order chi connectivity index (χ0) is 18.5. The van der Waals surface area contributed by atoms with E-state index in [4.69, 9.17) is 0 Å². The van der Waals surface area contributed by atoms with Crippen molar-refractivity contribution >= 4 is 28.9 Å². The number of hydrogen-bond donors (Lipinski definition) is 1. The number of carbonyl (C=O) groups is 2. The summed E-state index contributed by atoms with van der Waals surface area (Å²) in [7, 11) is 0. The molecule has 0 unspecified atom stereocenters. The maximum atomic E-state index is 12.5. The van der Waals surface area contributed by atoms with Crippen LogP contribution in [0.1, 0.15) is 25.8 Å². The van der Waals surface area contributed by atoms with Crippen LogP contribution in [0.25, 0.3) is 0 Å². The maximum absolute atomic E-state index is 12.5. The van der Waals surface area contributed by atoms with Crippen LogP contribution in [-0.2, 0) is 16.0 Å². The van der Waals surface area contributed by atoms with Gasteiger partial charge < -0.3 is 15.1 Å². The van der Waals surface area contributed by atoms with Gasteiger partial charge in [-0.05, 0) is 56.2 Å². The lowest BCUT2D eigenvalue weighted by atomic mass is 10.2. The van der Waals surface area contributed by atoms with Gasteiger partial charge in [0.1, 0.15) is 6.42 Å². The van der Waals surface area contributed by atoms with Gasteiger partial charge in [-0.3, -0.25) is 9.59 Å². The molecule has 0 aromatic heterocycles. The van der Waals surface area contributed by atoms with E-state index in [-0.39, 0.29) is 18.2 Å². The van der Waals surface area contributed by atoms with Crippen LogP contribution in [0.2, 0.25) is 0 Å². The van der Waals surface area contributed by atoms with Gasteiger partial charge in [-0.25, -0.2) is 0 Å². The second-order valence-corrected chi connectivity index (χ2v) is 6.37. The number of benzene rings is 2.